The first-order valence-electron chi connectivity index (χ1n) is 11.3. The molecule has 2 atom stereocenters. The molecule has 3 aromatic heterocycles. The lowest BCUT2D eigenvalue weighted by Crippen LogP contribution is -2.51. The molecule has 0 bridgehead atoms. The lowest BCUT2D eigenvalue weighted by atomic mass is 10.0. The molecule has 0 unspecified atom stereocenters. The summed E-state index contributed by atoms with van der Waals surface area (Å²) < 4.78 is 19.2. The van der Waals surface area contributed by atoms with Crippen molar-refractivity contribution in [2.45, 2.75) is 45.5 Å². The van der Waals surface area contributed by atoms with Gasteiger partial charge in [-0.25, -0.2) is 4.98 Å². The first kappa shape index (κ1) is 23.4. The van der Waals surface area contributed by atoms with E-state index in [0.29, 0.717) is 54.3 Å². The molecule has 0 N–H and O–H groups in total. The predicted octanol–water partition coefficient (Wildman–Crippen LogP) is 2.45. The molecule has 178 valence electrons. The summed E-state index contributed by atoms with van der Waals surface area (Å²) in [6.07, 6.45) is 3.33. The Morgan fingerprint density at radius 3 is 2.68 bits per heavy atom. The fourth-order valence-corrected chi connectivity index (χ4v) is 4.07. The Morgan fingerprint density at radius 1 is 1.24 bits per heavy atom. The molecule has 34 heavy (non-hydrogen) atoms. The normalized spacial score (nSPS) is 18.2. The van der Waals surface area contributed by atoms with Crippen molar-refractivity contribution in [1.29, 1.82) is 5.26 Å². The largest absolute Gasteiger partial charge is 0.488 e. The lowest BCUT2D eigenvalue weighted by molar-refractivity contribution is -0.0314. The zero-order chi connectivity index (χ0) is 24.2. The Balaban J connectivity index is 1.58. The van der Waals surface area contributed by atoms with E-state index in [9.17, 15) is 10.1 Å². The number of pyridine rings is 2. The van der Waals surface area contributed by atoms with Crippen molar-refractivity contribution < 1.29 is 14.2 Å². The number of nitrogens with zero attached hydrogens (tertiary/aromatic N) is 6. The van der Waals surface area contributed by atoms with E-state index < -0.39 is 0 Å². The number of nitriles is 1. The highest BCUT2D eigenvalue weighted by atomic mass is 16.6. The number of hydrogen-bond donors (Lipinski definition) is 0. The number of ether oxygens (including phenoxy) is 3. The number of hydrogen-bond acceptors (Lipinski definition) is 9. The molecule has 1 fully saturated rings. The van der Waals surface area contributed by atoms with Crippen LogP contribution in [0.25, 0.3) is 11.0 Å². The Kier molecular flexibility index (Phi) is 6.93. The highest BCUT2D eigenvalue weighted by molar-refractivity contribution is 5.88. The van der Waals surface area contributed by atoms with Crippen molar-refractivity contribution >= 4 is 16.7 Å². The van der Waals surface area contributed by atoms with E-state index in [0.717, 1.165) is 0 Å². The molecule has 0 aliphatic carbocycles. The topological polar surface area (TPSA) is 115 Å². The van der Waals surface area contributed by atoms with Crippen LogP contribution < -0.4 is 19.9 Å². The van der Waals surface area contributed by atoms with Gasteiger partial charge in [-0.15, -0.1) is 0 Å². The molecule has 0 aromatic carbocycles. The summed E-state index contributed by atoms with van der Waals surface area (Å²) in [5.74, 6) is 0.584. The van der Waals surface area contributed by atoms with Crippen LogP contribution >= 0.6 is 0 Å². The van der Waals surface area contributed by atoms with Crippen molar-refractivity contribution in [2.24, 2.45) is 7.05 Å². The van der Waals surface area contributed by atoms with Crippen molar-refractivity contribution in [1.82, 2.24) is 19.5 Å². The maximum Gasteiger partial charge on any atom is 0.316 e. The van der Waals surface area contributed by atoms with Crippen LogP contribution in [0.3, 0.4) is 0 Å². The van der Waals surface area contributed by atoms with E-state index in [-0.39, 0.29) is 29.9 Å². The van der Waals surface area contributed by atoms with Gasteiger partial charge in [0.05, 0.1) is 29.7 Å². The molecular formula is C24H28N6O4. The second kappa shape index (κ2) is 10.1. The zero-order valence-electron chi connectivity index (χ0n) is 19.8. The number of rotatable bonds is 7. The second-order valence-corrected chi connectivity index (χ2v) is 8.36. The van der Waals surface area contributed by atoms with E-state index in [1.165, 1.54) is 4.57 Å². The summed E-state index contributed by atoms with van der Waals surface area (Å²) in [5, 5.41) is 9.32. The van der Waals surface area contributed by atoms with Crippen molar-refractivity contribution in [3.05, 3.63) is 46.6 Å². The maximum absolute atomic E-state index is 12.6. The molecule has 4 rings (SSSR count). The van der Waals surface area contributed by atoms with Crippen LogP contribution in [0.4, 0.5) is 5.69 Å². The van der Waals surface area contributed by atoms with Gasteiger partial charge in [0, 0.05) is 39.2 Å². The molecule has 0 radical (unpaired) electrons. The fourth-order valence-electron chi connectivity index (χ4n) is 4.07. The van der Waals surface area contributed by atoms with Crippen LogP contribution in [-0.2, 0) is 11.8 Å². The van der Waals surface area contributed by atoms with Crippen LogP contribution in [0, 0.1) is 11.3 Å². The molecule has 1 aliphatic heterocycles. The summed E-state index contributed by atoms with van der Waals surface area (Å²) in [4.78, 5) is 27.7. The predicted molar refractivity (Wildman–Crippen MR) is 126 cm³/mol. The first-order valence-corrected chi connectivity index (χ1v) is 11.3. The average Bonchev–Trinajstić information content (AvgIpc) is 2.83. The Labute approximate surface area is 197 Å². The maximum atomic E-state index is 12.6. The smallest absolute Gasteiger partial charge is 0.316 e. The van der Waals surface area contributed by atoms with Crippen LogP contribution in [0.5, 0.6) is 11.8 Å². The molecule has 0 amide bonds. The molecule has 1 aliphatic rings. The monoisotopic (exact) mass is 464 g/mol. The summed E-state index contributed by atoms with van der Waals surface area (Å²) in [7, 11) is 1.70. The van der Waals surface area contributed by atoms with Gasteiger partial charge in [-0.3, -0.25) is 4.79 Å². The van der Waals surface area contributed by atoms with Gasteiger partial charge in [0.1, 0.15) is 29.5 Å². The number of piperidine rings is 1. The summed E-state index contributed by atoms with van der Waals surface area (Å²) >= 11 is 0. The molecule has 0 spiro atoms. The Hall–Kier alpha value is -3.71. The quantitative estimate of drug-likeness (QED) is 0.520. The highest BCUT2D eigenvalue weighted by Gasteiger charge is 2.33. The van der Waals surface area contributed by atoms with Gasteiger partial charge in [0.2, 0.25) is 0 Å². The summed E-state index contributed by atoms with van der Waals surface area (Å²) in [6.45, 7) is 7.42. The third kappa shape index (κ3) is 4.94. The van der Waals surface area contributed by atoms with Crippen LogP contribution in [0.2, 0.25) is 0 Å². The number of aryl methyl sites for hydroxylation is 1. The number of anilines is 1. The van der Waals surface area contributed by atoms with Crippen LogP contribution in [0.15, 0.2) is 35.4 Å². The number of fused-ring (bicyclic) bond motifs is 1. The summed E-state index contributed by atoms with van der Waals surface area (Å²) in [6, 6.07) is 7.28. The second-order valence-electron chi connectivity index (χ2n) is 8.36. The van der Waals surface area contributed by atoms with E-state index in [2.05, 4.69) is 25.9 Å². The van der Waals surface area contributed by atoms with E-state index >= 15 is 0 Å². The van der Waals surface area contributed by atoms with Gasteiger partial charge in [-0.05, 0) is 32.9 Å². The first-order chi connectivity index (χ1) is 16.4. The molecule has 1 saturated heterocycles. The molecular weight excluding hydrogens is 436 g/mol. The fraction of sp³-hybridized carbons (Fsp3) is 0.458. The minimum absolute atomic E-state index is 0.0339. The Morgan fingerprint density at radius 2 is 2.00 bits per heavy atom. The third-order valence-corrected chi connectivity index (χ3v) is 5.64. The van der Waals surface area contributed by atoms with E-state index in [1.54, 1.807) is 37.6 Å². The van der Waals surface area contributed by atoms with E-state index in [4.69, 9.17) is 14.2 Å². The van der Waals surface area contributed by atoms with Gasteiger partial charge in [0.15, 0.2) is 5.75 Å². The minimum Gasteiger partial charge on any atom is -0.488 e. The standard InChI is InChI=1S/C24H28N6O4/c1-5-32-21-14-30(9-8-20(21)34-24-26-12-17(13-27-24)33-15(2)3)19-10-22(31)29(4)18-7-6-16(11-25)28-23(18)19/h6-7,10,12-13,15,20-21H,5,8-9,14H2,1-4H3/t20-,21-/m0/s1. The Bertz CT molecular complexity index is 1250. The van der Waals surface area contributed by atoms with Crippen LogP contribution in [-0.4, -0.2) is 57.5 Å². The molecule has 4 heterocycles. The third-order valence-electron chi connectivity index (χ3n) is 5.64. The van der Waals surface area contributed by atoms with Gasteiger partial charge < -0.3 is 23.7 Å². The van der Waals surface area contributed by atoms with Gasteiger partial charge in [-0.2, -0.15) is 15.2 Å². The van der Waals surface area contributed by atoms with Crippen molar-refractivity contribution in [2.75, 3.05) is 24.6 Å². The highest BCUT2D eigenvalue weighted by Crippen LogP contribution is 2.28. The average molecular weight is 465 g/mol. The van der Waals surface area contributed by atoms with Gasteiger partial charge >= 0.3 is 6.01 Å². The van der Waals surface area contributed by atoms with Gasteiger partial charge in [0.25, 0.3) is 5.56 Å². The summed E-state index contributed by atoms with van der Waals surface area (Å²) in [5.41, 5.74) is 2.13. The number of aromatic nitrogens is 4. The molecule has 10 nitrogen and oxygen atoms in total. The lowest BCUT2D eigenvalue weighted by Gasteiger charge is -2.39. The van der Waals surface area contributed by atoms with E-state index in [1.807, 2.05) is 20.8 Å². The SMILES string of the molecule is CCO[C@H]1CN(c2cc(=O)n(C)c3ccc(C#N)nc23)CC[C@@H]1Oc1ncc(OC(C)C)cn1. The van der Waals surface area contributed by atoms with Crippen molar-refractivity contribution in [3.8, 4) is 17.8 Å². The minimum atomic E-state index is -0.271. The molecule has 0 saturated carbocycles. The van der Waals surface area contributed by atoms with Gasteiger partial charge in [-0.1, -0.05) is 0 Å². The van der Waals surface area contributed by atoms with Crippen molar-refractivity contribution in [3.63, 3.8) is 0 Å². The molecule has 10 heteroatoms. The van der Waals surface area contributed by atoms with Crippen LogP contribution in [0.1, 0.15) is 32.9 Å². The molecule has 3 aromatic rings. The zero-order valence-corrected chi connectivity index (χ0v) is 19.8.